The Bertz CT molecular complexity index is 1570. The highest BCUT2D eigenvalue weighted by Gasteiger charge is 2.70. The molecule has 2 unspecified atom stereocenters. The van der Waals surface area contributed by atoms with E-state index in [1.54, 1.807) is 31.2 Å². The number of nitrogens with zero attached hydrogens (tertiary/aromatic N) is 1. The van der Waals surface area contributed by atoms with E-state index in [1.807, 2.05) is 54.5 Å². The summed E-state index contributed by atoms with van der Waals surface area (Å²) in [6.07, 6.45) is 3.52. The van der Waals surface area contributed by atoms with Crippen molar-refractivity contribution < 1.29 is 32.4 Å². The van der Waals surface area contributed by atoms with Crippen LogP contribution in [-0.4, -0.2) is 78.8 Å². The molecule has 3 fully saturated rings. The van der Waals surface area contributed by atoms with Crippen molar-refractivity contribution in [3.05, 3.63) is 35.9 Å². The van der Waals surface area contributed by atoms with Gasteiger partial charge in [-0.05, 0) is 59.8 Å². The molecule has 4 rings (SSSR count). The van der Waals surface area contributed by atoms with Crippen molar-refractivity contribution in [3.63, 3.8) is 0 Å². The number of hydrogen-bond acceptors (Lipinski definition) is 7. The Labute approximate surface area is 297 Å². The van der Waals surface area contributed by atoms with E-state index in [9.17, 15) is 32.4 Å². The number of fused-ring (bicyclic) bond motifs is 1. The molecule has 13 heteroatoms. The van der Waals surface area contributed by atoms with Gasteiger partial charge >= 0.3 is 6.03 Å². The van der Waals surface area contributed by atoms with Gasteiger partial charge in [0.2, 0.25) is 17.6 Å². The van der Waals surface area contributed by atoms with Crippen molar-refractivity contribution in [2.75, 3.05) is 12.3 Å². The molecule has 5 N–H and O–H groups in total. The summed E-state index contributed by atoms with van der Waals surface area (Å²) in [6, 6.07) is 5.14. The van der Waals surface area contributed by atoms with Crippen molar-refractivity contribution in [1.29, 1.82) is 0 Å². The summed E-state index contributed by atoms with van der Waals surface area (Å²) in [4.78, 5) is 68.3. The zero-order chi connectivity index (χ0) is 37.4. The van der Waals surface area contributed by atoms with Crippen molar-refractivity contribution in [3.8, 4) is 0 Å². The summed E-state index contributed by atoms with van der Waals surface area (Å²) in [7, 11) is -3.64. The lowest BCUT2D eigenvalue weighted by atomic mass is 9.80. The first-order valence-electron chi connectivity index (χ1n) is 17.8. The Kier molecular flexibility index (Phi) is 11.5. The maximum Gasteiger partial charge on any atom is 0.315 e. The molecule has 0 bridgehead atoms. The third-order valence-corrected chi connectivity index (χ3v) is 12.7. The van der Waals surface area contributed by atoms with E-state index in [4.69, 9.17) is 5.73 Å². The molecule has 0 spiro atoms. The Morgan fingerprint density at radius 1 is 1.00 bits per heavy atom. The lowest BCUT2D eigenvalue weighted by Crippen LogP contribution is -2.63. The average molecular weight is 716 g/mol. The quantitative estimate of drug-likeness (QED) is 0.201. The molecular weight excluding hydrogens is 659 g/mol. The smallest absolute Gasteiger partial charge is 0.315 e. The topological polar surface area (TPSA) is 185 Å². The highest BCUT2D eigenvalue weighted by Crippen LogP contribution is 2.65. The van der Waals surface area contributed by atoms with E-state index in [0.717, 1.165) is 19.3 Å². The van der Waals surface area contributed by atoms with Gasteiger partial charge in [-0.25, -0.2) is 13.2 Å². The highest BCUT2D eigenvalue weighted by molar-refractivity contribution is 7.90. The summed E-state index contributed by atoms with van der Waals surface area (Å²) in [5.74, 6) is -3.26. The maximum atomic E-state index is 14.4. The fraction of sp³-hybridized carbons (Fsp3) is 0.703. The maximum absolute atomic E-state index is 14.4. The molecule has 1 aromatic rings. The largest absolute Gasteiger partial charge is 0.363 e. The minimum absolute atomic E-state index is 0.0396. The number of sulfone groups is 1. The van der Waals surface area contributed by atoms with Crippen LogP contribution >= 0.6 is 0 Å². The fourth-order valence-corrected chi connectivity index (χ4v) is 10.2. The number of carbonyl (C=O) groups excluding carboxylic acids is 5. The van der Waals surface area contributed by atoms with Crippen LogP contribution in [0.25, 0.3) is 0 Å². The Morgan fingerprint density at radius 3 is 2.14 bits per heavy atom. The Balaban J connectivity index is 1.53. The van der Waals surface area contributed by atoms with Gasteiger partial charge in [-0.2, -0.15) is 0 Å². The van der Waals surface area contributed by atoms with Gasteiger partial charge < -0.3 is 26.6 Å². The molecule has 2 aliphatic carbocycles. The SMILES string of the molecule is CC(C)CC(C)(CS(=O)(=O)Cc1ccccc1)NC(=O)N[C@H](C(=O)N1C[C@H]2[C@@H]([C@H]1C(=O)NC(CC1CCC1)C(=O)C(N)=O)C2(C)C)C(C)(C)C. The van der Waals surface area contributed by atoms with Gasteiger partial charge in [0, 0.05) is 6.54 Å². The normalized spacial score (nSPS) is 23.9. The number of hydrogen-bond donors (Lipinski definition) is 4. The summed E-state index contributed by atoms with van der Waals surface area (Å²) in [5, 5.41) is 8.52. The molecule has 1 aliphatic heterocycles. The van der Waals surface area contributed by atoms with Gasteiger partial charge in [-0.15, -0.1) is 0 Å². The average Bonchev–Trinajstić information content (AvgIpc) is 3.27. The van der Waals surface area contributed by atoms with Crippen LogP contribution in [0, 0.1) is 34.5 Å². The Hall–Kier alpha value is -3.48. The number of rotatable bonds is 15. The Morgan fingerprint density at radius 2 is 1.62 bits per heavy atom. The van der Waals surface area contributed by atoms with Crippen LogP contribution in [0.1, 0.15) is 93.1 Å². The number of ketones is 1. The monoisotopic (exact) mass is 715 g/mol. The summed E-state index contributed by atoms with van der Waals surface area (Å²) >= 11 is 0. The zero-order valence-electron chi connectivity index (χ0n) is 30.9. The molecule has 50 heavy (non-hydrogen) atoms. The van der Waals surface area contributed by atoms with Crippen LogP contribution in [0.4, 0.5) is 4.79 Å². The van der Waals surface area contributed by atoms with Gasteiger partial charge in [0.25, 0.3) is 5.91 Å². The summed E-state index contributed by atoms with van der Waals surface area (Å²) in [6.45, 7) is 15.4. The van der Waals surface area contributed by atoms with Crippen LogP contribution in [0.2, 0.25) is 0 Å². The number of carbonyl (C=O) groups is 5. The number of urea groups is 1. The van der Waals surface area contributed by atoms with Crippen LogP contribution in [0.5, 0.6) is 0 Å². The zero-order valence-corrected chi connectivity index (χ0v) is 31.7. The van der Waals surface area contributed by atoms with Crippen molar-refractivity contribution in [1.82, 2.24) is 20.9 Å². The van der Waals surface area contributed by atoms with E-state index in [0.29, 0.717) is 24.9 Å². The first-order valence-corrected chi connectivity index (χ1v) is 19.6. The summed E-state index contributed by atoms with van der Waals surface area (Å²) in [5.41, 5.74) is 3.85. The van der Waals surface area contributed by atoms with E-state index in [2.05, 4.69) is 16.0 Å². The molecule has 3 aliphatic rings. The molecule has 6 atom stereocenters. The van der Waals surface area contributed by atoms with Gasteiger partial charge in [-0.1, -0.05) is 98.1 Å². The predicted octanol–water partition coefficient (Wildman–Crippen LogP) is 3.33. The molecule has 1 heterocycles. The number of nitrogens with two attached hydrogens (primary N) is 1. The van der Waals surface area contributed by atoms with E-state index >= 15 is 0 Å². The molecule has 0 aromatic heterocycles. The predicted molar refractivity (Wildman–Crippen MR) is 191 cm³/mol. The van der Waals surface area contributed by atoms with Crippen molar-refractivity contribution in [2.24, 2.45) is 40.2 Å². The second-order valence-electron chi connectivity index (χ2n) is 17.3. The molecular formula is C37H57N5O7S. The molecule has 12 nitrogen and oxygen atoms in total. The van der Waals surface area contributed by atoms with Crippen molar-refractivity contribution >= 4 is 39.4 Å². The molecule has 1 aromatic carbocycles. The minimum atomic E-state index is -3.64. The molecule has 5 amide bonds. The first kappa shape index (κ1) is 39.3. The number of likely N-dealkylation sites (tertiary alicyclic amines) is 1. The van der Waals surface area contributed by atoms with Crippen LogP contribution < -0.4 is 21.7 Å². The van der Waals surface area contributed by atoms with Crippen LogP contribution in [0.15, 0.2) is 30.3 Å². The number of nitrogens with one attached hydrogen (secondary N) is 3. The van der Waals surface area contributed by atoms with Crippen molar-refractivity contribution in [2.45, 2.75) is 117 Å². The number of benzene rings is 1. The number of primary amides is 1. The van der Waals surface area contributed by atoms with Gasteiger partial charge in [0.05, 0.1) is 23.1 Å². The molecule has 1 saturated heterocycles. The minimum Gasteiger partial charge on any atom is -0.363 e. The summed E-state index contributed by atoms with van der Waals surface area (Å²) < 4.78 is 26.7. The van der Waals surface area contributed by atoms with E-state index in [-0.39, 0.29) is 40.6 Å². The van der Waals surface area contributed by atoms with Gasteiger partial charge in [0.1, 0.15) is 12.1 Å². The number of Topliss-reactive ketones (excluding diaryl/α,β-unsaturated/α-hetero) is 1. The van der Waals surface area contributed by atoms with Gasteiger partial charge in [0.15, 0.2) is 9.84 Å². The molecule has 0 radical (unpaired) electrons. The second kappa shape index (κ2) is 14.6. The highest BCUT2D eigenvalue weighted by atomic mass is 32.2. The van der Waals surface area contributed by atoms with Crippen LogP contribution in [0.3, 0.4) is 0 Å². The number of amides is 5. The third-order valence-electron chi connectivity index (χ3n) is 10.9. The van der Waals surface area contributed by atoms with Gasteiger partial charge in [-0.3, -0.25) is 19.2 Å². The first-order chi connectivity index (χ1) is 23.0. The second-order valence-corrected chi connectivity index (χ2v) is 19.3. The molecule has 2 saturated carbocycles. The standard InChI is InChI=1S/C37H57N5O7S/c1-22(2)18-37(8,21-50(48,49)20-24-13-10-9-11-14-24)41-34(47)40-30(35(3,4)5)33(46)42-19-25-27(36(25,6)7)28(42)32(45)39-26(29(43)31(38)44)17-23-15-12-16-23/h9-11,13-14,22-23,25-28,30H,12,15-21H2,1-8H3,(H2,38,44)(H,39,45)(H2,40,41,47)/t25-,26?,27-,28-,30+,37?/m0/s1. The third kappa shape index (κ3) is 9.24. The van der Waals surface area contributed by atoms with Crippen LogP contribution in [-0.2, 0) is 34.8 Å². The lowest BCUT2D eigenvalue weighted by Gasteiger charge is -2.39. The van der Waals surface area contributed by atoms with E-state index in [1.165, 1.54) is 4.90 Å². The fourth-order valence-electron chi connectivity index (χ4n) is 8.20. The molecule has 278 valence electrons. The van der Waals surface area contributed by atoms with E-state index < -0.39 is 68.5 Å². The lowest BCUT2D eigenvalue weighted by molar-refractivity contribution is -0.145. The number of piperidine rings is 1.